The molecule has 0 radical (unpaired) electrons. The van der Waals surface area contributed by atoms with Gasteiger partial charge < -0.3 is 14.6 Å². The molecule has 0 aromatic heterocycles. The van der Waals surface area contributed by atoms with Crippen molar-refractivity contribution in [2.75, 3.05) is 6.61 Å². The van der Waals surface area contributed by atoms with Crippen molar-refractivity contribution in [1.29, 1.82) is 0 Å². The third kappa shape index (κ3) is 5.95. The van der Waals surface area contributed by atoms with Crippen LogP contribution in [0.15, 0.2) is 24.3 Å². The maximum Gasteiger partial charge on any atom is 0.314 e. The Morgan fingerprint density at radius 3 is 1.81 bits per heavy atom. The summed E-state index contributed by atoms with van der Waals surface area (Å²) < 4.78 is 68.7. The fraction of sp³-hybridized carbons (Fsp3) is 0.552. The van der Waals surface area contributed by atoms with Crippen LogP contribution in [0.3, 0.4) is 0 Å². The molecular weight excluding hydrogens is 488 g/mol. The van der Waals surface area contributed by atoms with Crippen LogP contribution < -0.4 is 9.47 Å². The van der Waals surface area contributed by atoms with Gasteiger partial charge in [0.1, 0.15) is 0 Å². The number of carbonyl (C=O) groups excluding carboxylic acids is 1. The topological polar surface area (TPSA) is 55.8 Å². The number of benzene rings is 2. The van der Waals surface area contributed by atoms with E-state index in [4.69, 9.17) is 9.47 Å². The monoisotopic (exact) mass is 522 g/mol. The van der Waals surface area contributed by atoms with E-state index in [-0.39, 0.29) is 30.1 Å². The zero-order chi connectivity index (χ0) is 26.7. The Bertz CT molecular complexity index is 1100. The fourth-order valence-electron chi connectivity index (χ4n) is 5.81. The Morgan fingerprint density at radius 2 is 1.30 bits per heavy atom. The summed E-state index contributed by atoms with van der Waals surface area (Å²) in [7, 11) is 0. The summed E-state index contributed by atoms with van der Waals surface area (Å²) in [5.74, 6) is -6.19. The van der Waals surface area contributed by atoms with E-state index in [1.54, 1.807) is 26.0 Å². The number of hydrogen-bond donors (Lipinski definition) is 1. The number of esters is 1. The summed E-state index contributed by atoms with van der Waals surface area (Å²) in [6.07, 6.45) is 4.28. The molecule has 0 saturated heterocycles. The average molecular weight is 523 g/mol. The molecule has 1 N–H and O–H groups in total. The van der Waals surface area contributed by atoms with Gasteiger partial charge in [-0.15, -0.1) is 0 Å². The number of hydrogen-bond acceptors (Lipinski definition) is 4. The minimum absolute atomic E-state index is 0.0584. The highest BCUT2D eigenvalue weighted by molar-refractivity contribution is 5.75. The Hall–Kier alpha value is -2.61. The van der Waals surface area contributed by atoms with E-state index >= 15 is 8.78 Å². The molecule has 202 valence electrons. The molecule has 4 rings (SSSR count). The molecule has 2 aliphatic carbocycles. The first kappa shape index (κ1) is 27.4. The normalized spacial score (nSPS) is 24.9. The quantitative estimate of drug-likeness (QED) is 0.238. The smallest absolute Gasteiger partial charge is 0.314 e. The van der Waals surface area contributed by atoms with Crippen LogP contribution in [-0.4, -0.2) is 23.8 Å². The van der Waals surface area contributed by atoms with Crippen LogP contribution in [0.4, 0.5) is 17.6 Å². The van der Waals surface area contributed by atoms with Crippen LogP contribution in [0.2, 0.25) is 0 Å². The molecular formula is C29H34F4O4. The number of rotatable bonds is 7. The van der Waals surface area contributed by atoms with E-state index in [9.17, 15) is 18.7 Å². The number of ether oxygens (including phenoxy) is 2. The van der Waals surface area contributed by atoms with Crippen molar-refractivity contribution < 1.29 is 36.9 Å². The molecule has 2 fully saturated rings. The minimum Gasteiger partial charge on any atom is -0.491 e. The molecule has 37 heavy (non-hydrogen) atoms. The summed E-state index contributed by atoms with van der Waals surface area (Å²) >= 11 is 0. The van der Waals surface area contributed by atoms with E-state index in [0.29, 0.717) is 36.8 Å². The highest BCUT2D eigenvalue weighted by atomic mass is 19.2. The molecule has 1 unspecified atom stereocenters. The Morgan fingerprint density at radius 1 is 0.811 bits per heavy atom. The van der Waals surface area contributed by atoms with E-state index in [1.807, 2.05) is 0 Å². The van der Waals surface area contributed by atoms with Crippen molar-refractivity contribution in [3.8, 4) is 11.5 Å². The van der Waals surface area contributed by atoms with Crippen molar-refractivity contribution >= 4 is 5.97 Å². The molecule has 2 saturated carbocycles. The number of aliphatic hydroxyl groups excluding tert-OH is 1. The van der Waals surface area contributed by atoms with Gasteiger partial charge in [0.25, 0.3) is 0 Å². The largest absolute Gasteiger partial charge is 0.491 e. The van der Waals surface area contributed by atoms with Gasteiger partial charge in [-0.1, -0.05) is 12.1 Å². The number of carbonyl (C=O) groups is 1. The van der Waals surface area contributed by atoms with Crippen molar-refractivity contribution in [2.45, 2.75) is 83.2 Å². The lowest BCUT2D eigenvalue weighted by molar-refractivity contribution is -0.140. The predicted molar refractivity (Wildman–Crippen MR) is 131 cm³/mol. The summed E-state index contributed by atoms with van der Waals surface area (Å²) in [6.45, 7) is 3.57. The van der Waals surface area contributed by atoms with E-state index in [0.717, 1.165) is 31.7 Å². The zero-order valence-corrected chi connectivity index (χ0v) is 21.2. The second-order valence-corrected chi connectivity index (χ2v) is 10.3. The lowest BCUT2D eigenvalue weighted by Crippen LogP contribution is -2.26. The first-order valence-electron chi connectivity index (χ1n) is 13.2. The number of aliphatic hydroxyl groups is 1. The SMILES string of the molecule is CCOc1ccc(OC(=O)C2CCC(c3ccc(C4CCC(C(C)O)CC4)c(F)c3F)CC2)c(F)c1F. The molecule has 0 aliphatic heterocycles. The van der Waals surface area contributed by atoms with Gasteiger partial charge in [0.15, 0.2) is 23.1 Å². The molecule has 8 heteroatoms. The van der Waals surface area contributed by atoms with E-state index < -0.39 is 47.0 Å². The Labute approximate surface area is 215 Å². The molecule has 0 heterocycles. The highest BCUT2D eigenvalue weighted by Gasteiger charge is 2.33. The van der Waals surface area contributed by atoms with Crippen molar-refractivity contribution in [2.24, 2.45) is 11.8 Å². The maximum absolute atomic E-state index is 15.1. The van der Waals surface area contributed by atoms with Crippen LogP contribution in [0.25, 0.3) is 0 Å². The standard InChI is InChI=1S/C29H34F4O4/c1-3-36-23-14-15-24(28(33)27(23)32)37-29(35)20-10-8-19(9-11-20)22-13-12-21(25(30)26(22)31)18-6-4-17(5-7-18)16(2)34/h12-20,34H,3-11H2,1-2H3. The Balaban J connectivity index is 1.36. The predicted octanol–water partition coefficient (Wildman–Crippen LogP) is 7.18. The van der Waals surface area contributed by atoms with E-state index in [2.05, 4.69) is 0 Å². The molecule has 1 atom stereocenters. The molecule has 2 aromatic carbocycles. The van der Waals surface area contributed by atoms with E-state index in [1.165, 1.54) is 6.07 Å². The second kappa shape index (κ2) is 11.8. The van der Waals surface area contributed by atoms with Crippen LogP contribution >= 0.6 is 0 Å². The molecule has 0 bridgehead atoms. The summed E-state index contributed by atoms with van der Waals surface area (Å²) in [5.41, 5.74) is 0.706. The highest BCUT2D eigenvalue weighted by Crippen LogP contribution is 2.42. The first-order valence-corrected chi connectivity index (χ1v) is 13.2. The molecule has 0 amide bonds. The van der Waals surface area contributed by atoms with Crippen LogP contribution in [0.1, 0.15) is 88.2 Å². The van der Waals surface area contributed by atoms with Crippen molar-refractivity contribution in [3.63, 3.8) is 0 Å². The summed E-state index contributed by atoms with van der Waals surface area (Å²) in [4.78, 5) is 12.6. The molecule has 4 nitrogen and oxygen atoms in total. The molecule has 2 aromatic rings. The lowest BCUT2D eigenvalue weighted by atomic mass is 9.75. The van der Waals surface area contributed by atoms with Gasteiger partial charge >= 0.3 is 5.97 Å². The lowest BCUT2D eigenvalue weighted by Gasteiger charge is -2.31. The van der Waals surface area contributed by atoms with Crippen molar-refractivity contribution in [3.05, 3.63) is 58.7 Å². The average Bonchev–Trinajstić information content (AvgIpc) is 2.90. The van der Waals surface area contributed by atoms with Gasteiger partial charge in [0, 0.05) is 0 Å². The molecule has 2 aliphatic rings. The van der Waals surface area contributed by atoms with Gasteiger partial charge in [-0.3, -0.25) is 4.79 Å². The fourth-order valence-corrected chi connectivity index (χ4v) is 5.81. The molecule has 0 spiro atoms. The van der Waals surface area contributed by atoms with Crippen LogP contribution in [-0.2, 0) is 4.79 Å². The summed E-state index contributed by atoms with van der Waals surface area (Å²) in [6, 6.07) is 5.71. The van der Waals surface area contributed by atoms with Gasteiger partial charge in [0.05, 0.1) is 18.6 Å². The zero-order valence-electron chi connectivity index (χ0n) is 21.2. The minimum atomic E-state index is -1.29. The van der Waals surface area contributed by atoms with Gasteiger partial charge in [-0.2, -0.15) is 8.78 Å². The van der Waals surface area contributed by atoms with Gasteiger partial charge in [-0.25, -0.2) is 8.78 Å². The Kier molecular flexibility index (Phi) is 8.78. The third-order valence-corrected chi connectivity index (χ3v) is 8.06. The summed E-state index contributed by atoms with van der Waals surface area (Å²) in [5, 5.41) is 9.79. The number of halogens is 4. The van der Waals surface area contributed by atoms with Crippen LogP contribution in [0, 0.1) is 35.1 Å². The van der Waals surface area contributed by atoms with Crippen LogP contribution in [0.5, 0.6) is 11.5 Å². The maximum atomic E-state index is 15.1. The first-order chi connectivity index (χ1) is 17.7. The third-order valence-electron chi connectivity index (χ3n) is 8.06. The van der Waals surface area contributed by atoms with Crippen molar-refractivity contribution in [1.82, 2.24) is 0 Å². The van der Waals surface area contributed by atoms with Gasteiger partial charge in [-0.05, 0) is 106 Å². The second-order valence-electron chi connectivity index (χ2n) is 10.3. The van der Waals surface area contributed by atoms with Gasteiger partial charge in [0.2, 0.25) is 11.6 Å².